The molecule has 0 fully saturated rings. The Morgan fingerprint density at radius 2 is 2.43 bits per heavy atom. The van der Waals surface area contributed by atoms with Gasteiger partial charge in [-0.3, -0.25) is 0 Å². The summed E-state index contributed by atoms with van der Waals surface area (Å²) in [6, 6.07) is 1.90. The molecule has 1 aliphatic heterocycles. The van der Waals surface area contributed by atoms with E-state index in [0.717, 1.165) is 10.8 Å². The van der Waals surface area contributed by atoms with Crippen molar-refractivity contribution in [2.45, 2.75) is 18.1 Å². The molecule has 3 nitrogen and oxygen atoms in total. The van der Waals surface area contributed by atoms with Gasteiger partial charge >= 0.3 is 0 Å². The first-order chi connectivity index (χ1) is 6.70. The van der Waals surface area contributed by atoms with Crippen LogP contribution in [-0.4, -0.2) is 24.0 Å². The van der Waals surface area contributed by atoms with E-state index in [1.54, 1.807) is 11.8 Å². The van der Waals surface area contributed by atoms with E-state index < -0.39 is 0 Å². The first kappa shape index (κ1) is 10.1. The van der Waals surface area contributed by atoms with E-state index in [2.05, 4.69) is 20.9 Å². The highest BCUT2D eigenvalue weighted by molar-refractivity contribution is 9.10. The van der Waals surface area contributed by atoms with Gasteiger partial charge in [-0.2, -0.15) is 0 Å². The van der Waals surface area contributed by atoms with Crippen molar-refractivity contribution in [3.63, 3.8) is 0 Å². The Balaban J connectivity index is 2.43. The third kappa shape index (κ3) is 1.83. The molecule has 0 saturated carbocycles. The predicted octanol–water partition coefficient (Wildman–Crippen LogP) is 2.73. The molecule has 0 spiro atoms. The number of fused-ring (bicyclic) bond motifs is 1. The summed E-state index contributed by atoms with van der Waals surface area (Å²) in [6.45, 7) is 2.56. The van der Waals surface area contributed by atoms with Crippen LogP contribution in [0.3, 0.4) is 0 Å². The predicted molar refractivity (Wildman–Crippen MR) is 59.3 cm³/mol. The Morgan fingerprint density at radius 1 is 1.64 bits per heavy atom. The fraction of sp³-hybridized carbons (Fsp3) is 0.444. The van der Waals surface area contributed by atoms with Crippen LogP contribution in [0.2, 0.25) is 0 Å². The molecule has 1 aromatic heterocycles. The Kier molecular flexibility index (Phi) is 2.88. The first-order valence-corrected chi connectivity index (χ1v) is 6.26. The zero-order valence-electron chi connectivity index (χ0n) is 7.91. The zero-order chi connectivity index (χ0) is 10.1. The lowest BCUT2D eigenvalue weighted by atomic mass is 10.3. The van der Waals surface area contributed by atoms with Crippen molar-refractivity contribution in [2.24, 2.45) is 0 Å². The van der Waals surface area contributed by atoms with Crippen LogP contribution in [0.1, 0.15) is 6.92 Å². The first-order valence-electron chi connectivity index (χ1n) is 4.24. The summed E-state index contributed by atoms with van der Waals surface area (Å²) < 4.78 is 11.9. The molecule has 14 heavy (non-hydrogen) atoms. The summed E-state index contributed by atoms with van der Waals surface area (Å²) in [6.07, 6.45) is 2.06. The molecular formula is C9H10BrNO2S. The summed E-state index contributed by atoms with van der Waals surface area (Å²) in [5, 5.41) is 0.925. The van der Waals surface area contributed by atoms with E-state index in [1.165, 1.54) is 0 Å². The summed E-state index contributed by atoms with van der Waals surface area (Å²) in [7, 11) is 0. The molecule has 0 bridgehead atoms. The van der Waals surface area contributed by atoms with Crippen LogP contribution in [0, 0.1) is 0 Å². The fourth-order valence-electron chi connectivity index (χ4n) is 1.22. The van der Waals surface area contributed by atoms with E-state index in [-0.39, 0.29) is 6.10 Å². The highest BCUT2D eigenvalue weighted by Crippen LogP contribution is 2.39. The van der Waals surface area contributed by atoms with Crippen molar-refractivity contribution in [1.29, 1.82) is 0 Å². The van der Waals surface area contributed by atoms with E-state index in [4.69, 9.17) is 9.47 Å². The highest BCUT2D eigenvalue weighted by Gasteiger charge is 2.21. The summed E-state index contributed by atoms with van der Waals surface area (Å²) in [5.41, 5.74) is 0. The van der Waals surface area contributed by atoms with Crippen LogP contribution < -0.4 is 9.47 Å². The lowest BCUT2D eigenvalue weighted by Crippen LogP contribution is -2.26. The third-order valence-electron chi connectivity index (χ3n) is 1.88. The van der Waals surface area contributed by atoms with Gasteiger partial charge in [-0.1, -0.05) is 0 Å². The molecular weight excluding hydrogens is 266 g/mol. The van der Waals surface area contributed by atoms with Gasteiger partial charge in [0.05, 0.1) is 0 Å². The molecule has 0 aromatic carbocycles. The average molecular weight is 276 g/mol. The highest BCUT2D eigenvalue weighted by atomic mass is 79.9. The van der Waals surface area contributed by atoms with Crippen molar-refractivity contribution in [3.8, 4) is 11.5 Å². The van der Waals surface area contributed by atoms with Crippen molar-refractivity contribution in [2.75, 3.05) is 12.9 Å². The number of nitrogens with zero attached hydrogens (tertiary/aromatic N) is 1. The number of rotatable bonds is 1. The van der Waals surface area contributed by atoms with E-state index in [0.29, 0.717) is 17.0 Å². The van der Waals surface area contributed by atoms with Gasteiger partial charge in [0, 0.05) is 6.07 Å². The number of thioether (sulfide) groups is 1. The maximum Gasteiger partial charge on any atom is 0.194 e. The van der Waals surface area contributed by atoms with Crippen molar-refractivity contribution in [1.82, 2.24) is 4.98 Å². The Labute approximate surface area is 95.3 Å². The Bertz CT molecular complexity index is 359. The second-order valence-electron chi connectivity index (χ2n) is 3.02. The summed E-state index contributed by atoms with van der Waals surface area (Å²) >= 11 is 4.95. The maximum atomic E-state index is 5.62. The van der Waals surface area contributed by atoms with Gasteiger partial charge in [0.15, 0.2) is 16.1 Å². The minimum Gasteiger partial charge on any atom is -0.486 e. The van der Waals surface area contributed by atoms with Crippen LogP contribution in [-0.2, 0) is 0 Å². The standard InChI is InChI=1S/C9H10BrNO2S/c1-5-4-12-6-3-7(14-2)11-9(10)8(6)13-5/h3,5H,4H2,1-2H3. The molecule has 1 aliphatic rings. The molecule has 0 N–H and O–H groups in total. The second kappa shape index (κ2) is 3.98. The molecule has 1 atom stereocenters. The van der Waals surface area contributed by atoms with Gasteiger partial charge in [0.1, 0.15) is 17.7 Å². The van der Waals surface area contributed by atoms with Gasteiger partial charge in [-0.25, -0.2) is 4.98 Å². The van der Waals surface area contributed by atoms with Gasteiger partial charge in [0.25, 0.3) is 0 Å². The topological polar surface area (TPSA) is 31.4 Å². The molecule has 2 heterocycles. The van der Waals surface area contributed by atoms with Gasteiger partial charge in [-0.15, -0.1) is 11.8 Å². The SMILES string of the molecule is CSc1cc2c(c(Br)n1)OC(C)CO2. The summed E-state index contributed by atoms with van der Waals surface area (Å²) in [4.78, 5) is 4.31. The normalized spacial score (nSPS) is 19.5. The maximum absolute atomic E-state index is 5.62. The van der Waals surface area contributed by atoms with Gasteiger partial charge in [0.2, 0.25) is 0 Å². The fourth-order valence-corrected chi connectivity index (χ4v) is 2.22. The van der Waals surface area contributed by atoms with Crippen LogP contribution in [0.15, 0.2) is 15.7 Å². The number of aromatic nitrogens is 1. The van der Waals surface area contributed by atoms with E-state index in [1.807, 2.05) is 19.2 Å². The van der Waals surface area contributed by atoms with Gasteiger partial charge < -0.3 is 9.47 Å². The number of hydrogen-bond acceptors (Lipinski definition) is 4. The van der Waals surface area contributed by atoms with Gasteiger partial charge in [-0.05, 0) is 29.1 Å². The molecule has 0 amide bonds. The minimum absolute atomic E-state index is 0.0840. The zero-order valence-corrected chi connectivity index (χ0v) is 10.3. The third-order valence-corrected chi connectivity index (χ3v) is 3.04. The number of hydrogen-bond donors (Lipinski definition) is 0. The van der Waals surface area contributed by atoms with Crippen LogP contribution in [0.5, 0.6) is 11.5 Å². The molecule has 1 aromatic rings. The Morgan fingerprint density at radius 3 is 3.14 bits per heavy atom. The molecule has 2 rings (SSSR count). The van der Waals surface area contributed by atoms with Crippen molar-refractivity contribution >= 4 is 27.7 Å². The monoisotopic (exact) mass is 275 g/mol. The smallest absolute Gasteiger partial charge is 0.194 e. The van der Waals surface area contributed by atoms with Crippen molar-refractivity contribution in [3.05, 3.63) is 10.7 Å². The Hall–Kier alpha value is -0.420. The molecule has 0 saturated heterocycles. The van der Waals surface area contributed by atoms with Crippen LogP contribution in [0.25, 0.3) is 0 Å². The van der Waals surface area contributed by atoms with Crippen LogP contribution >= 0.6 is 27.7 Å². The lowest BCUT2D eigenvalue weighted by molar-refractivity contribution is 0.102. The quantitative estimate of drug-likeness (QED) is 0.583. The van der Waals surface area contributed by atoms with Crippen LogP contribution in [0.4, 0.5) is 0 Å². The molecule has 0 aliphatic carbocycles. The van der Waals surface area contributed by atoms with E-state index in [9.17, 15) is 0 Å². The second-order valence-corrected chi connectivity index (χ2v) is 4.60. The minimum atomic E-state index is 0.0840. The summed E-state index contributed by atoms with van der Waals surface area (Å²) in [5.74, 6) is 1.48. The molecule has 0 radical (unpaired) electrons. The average Bonchev–Trinajstić information content (AvgIpc) is 2.19. The molecule has 1 unspecified atom stereocenters. The number of halogens is 1. The lowest BCUT2D eigenvalue weighted by Gasteiger charge is -2.24. The molecule has 5 heteroatoms. The van der Waals surface area contributed by atoms with E-state index >= 15 is 0 Å². The molecule has 76 valence electrons. The largest absolute Gasteiger partial charge is 0.486 e. The number of ether oxygens (including phenoxy) is 2. The van der Waals surface area contributed by atoms with Crippen molar-refractivity contribution < 1.29 is 9.47 Å². The number of pyridine rings is 1.